The Morgan fingerprint density at radius 3 is 2.50 bits per heavy atom. The number of ether oxygens (including phenoxy) is 1. The number of rotatable bonds is 3. The molecule has 0 saturated heterocycles. The zero-order valence-electron chi connectivity index (χ0n) is 9.18. The maximum absolute atomic E-state index is 6.14. The minimum atomic E-state index is -0.161. The van der Waals surface area contributed by atoms with Crippen molar-refractivity contribution < 1.29 is 4.74 Å². The summed E-state index contributed by atoms with van der Waals surface area (Å²) >= 11 is 1.35. The second-order valence-electron chi connectivity index (χ2n) is 3.47. The highest BCUT2D eigenvalue weighted by Gasteiger charge is 2.14. The molecule has 1 aromatic heterocycles. The van der Waals surface area contributed by atoms with Crippen molar-refractivity contribution in [2.24, 2.45) is 5.73 Å². The van der Waals surface area contributed by atoms with Crippen LogP contribution in [0.3, 0.4) is 0 Å². The summed E-state index contributed by atoms with van der Waals surface area (Å²) in [4.78, 5) is 1.00. The molecule has 0 aliphatic carbocycles. The molecule has 5 heteroatoms. The Labute approximate surface area is 98.2 Å². The van der Waals surface area contributed by atoms with Crippen LogP contribution < -0.4 is 10.5 Å². The van der Waals surface area contributed by atoms with Gasteiger partial charge in [-0.3, -0.25) is 0 Å². The van der Waals surface area contributed by atoms with Gasteiger partial charge in [-0.1, -0.05) is 16.6 Å². The van der Waals surface area contributed by atoms with E-state index in [0.717, 1.165) is 21.9 Å². The molecule has 0 aliphatic heterocycles. The van der Waals surface area contributed by atoms with Crippen LogP contribution in [0.25, 0.3) is 0 Å². The van der Waals surface area contributed by atoms with Crippen molar-refractivity contribution in [3.8, 4) is 5.75 Å². The van der Waals surface area contributed by atoms with Gasteiger partial charge >= 0.3 is 0 Å². The predicted octanol–water partition coefficient (Wildman–Crippen LogP) is 1.90. The van der Waals surface area contributed by atoms with E-state index >= 15 is 0 Å². The van der Waals surface area contributed by atoms with Crippen LogP contribution in [0, 0.1) is 6.92 Å². The smallest absolute Gasteiger partial charge is 0.118 e. The third-order valence-corrected chi connectivity index (χ3v) is 3.35. The van der Waals surface area contributed by atoms with Crippen molar-refractivity contribution in [3.63, 3.8) is 0 Å². The summed E-state index contributed by atoms with van der Waals surface area (Å²) in [5.74, 6) is 0.829. The number of methoxy groups -OCH3 is 1. The van der Waals surface area contributed by atoms with Crippen molar-refractivity contribution in [2.45, 2.75) is 13.0 Å². The number of hydrogen-bond acceptors (Lipinski definition) is 5. The summed E-state index contributed by atoms with van der Waals surface area (Å²) in [6.45, 7) is 1.92. The van der Waals surface area contributed by atoms with Gasteiger partial charge in [-0.15, -0.1) is 5.10 Å². The van der Waals surface area contributed by atoms with Gasteiger partial charge in [-0.05, 0) is 36.2 Å². The molecular formula is C11H13N3OS. The molecule has 2 N–H and O–H groups in total. The van der Waals surface area contributed by atoms with Gasteiger partial charge in [-0.25, -0.2) is 0 Å². The Balaban J connectivity index is 2.27. The van der Waals surface area contributed by atoms with E-state index in [1.54, 1.807) is 7.11 Å². The van der Waals surface area contributed by atoms with E-state index < -0.39 is 0 Å². The van der Waals surface area contributed by atoms with Gasteiger partial charge in [0.1, 0.15) is 5.75 Å². The quantitative estimate of drug-likeness (QED) is 0.882. The molecule has 1 aromatic carbocycles. The van der Waals surface area contributed by atoms with E-state index in [9.17, 15) is 0 Å². The summed E-state index contributed by atoms with van der Waals surface area (Å²) < 4.78 is 8.99. The van der Waals surface area contributed by atoms with Gasteiger partial charge in [0.15, 0.2) is 0 Å². The highest BCUT2D eigenvalue weighted by Crippen LogP contribution is 2.25. The van der Waals surface area contributed by atoms with Crippen LogP contribution >= 0.6 is 11.5 Å². The Kier molecular flexibility index (Phi) is 3.17. The first kappa shape index (κ1) is 11.0. The number of aromatic nitrogens is 2. The van der Waals surface area contributed by atoms with Crippen molar-refractivity contribution in [1.29, 1.82) is 0 Å². The van der Waals surface area contributed by atoms with Crippen LogP contribution in [0.1, 0.15) is 22.2 Å². The molecule has 84 valence electrons. The first-order chi connectivity index (χ1) is 7.72. The molecule has 2 aromatic rings. The molecule has 1 atom stereocenters. The number of aryl methyl sites for hydroxylation is 1. The minimum absolute atomic E-state index is 0.161. The fourth-order valence-corrected chi connectivity index (χ4v) is 2.16. The van der Waals surface area contributed by atoms with E-state index in [2.05, 4.69) is 9.59 Å². The van der Waals surface area contributed by atoms with Gasteiger partial charge in [0.2, 0.25) is 0 Å². The van der Waals surface area contributed by atoms with Crippen molar-refractivity contribution in [3.05, 3.63) is 40.4 Å². The van der Waals surface area contributed by atoms with Crippen LogP contribution in [0.5, 0.6) is 5.75 Å². The zero-order chi connectivity index (χ0) is 11.5. The monoisotopic (exact) mass is 235 g/mol. The van der Waals surface area contributed by atoms with Gasteiger partial charge in [0, 0.05) is 0 Å². The van der Waals surface area contributed by atoms with E-state index in [-0.39, 0.29) is 6.04 Å². The first-order valence-corrected chi connectivity index (χ1v) is 5.68. The van der Waals surface area contributed by atoms with Gasteiger partial charge in [0.25, 0.3) is 0 Å². The fourth-order valence-electron chi connectivity index (χ4n) is 1.49. The highest BCUT2D eigenvalue weighted by atomic mass is 32.1. The zero-order valence-corrected chi connectivity index (χ0v) is 9.99. The van der Waals surface area contributed by atoms with Crippen LogP contribution in [0.4, 0.5) is 0 Å². The Bertz CT molecular complexity index is 466. The molecule has 0 aliphatic rings. The van der Waals surface area contributed by atoms with Gasteiger partial charge in [0.05, 0.1) is 23.7 Å². The second-order valence-corrected chi connectivity index (χ2v) is 4.26. The predicted molar refractivity (Wildman–Crippen MR) is 63.7 cm³/mol. The molecular weight excluding hydrogens is 222 g/mol. The normalized spacial score (nSPS) is 12.4. The number of nitrogens with zero attached hydrogens (tertiary/aromatic N) is 2. The molecule has 0 amide bonds. The summed E-state index contributed by atoms with van der Waals surface area (Å²) in [7, 11) is 1.65. The average Bonchev–Trinajstić information content (AvgIpc) is 2.75. The average molecular weight is 235 g/mol. The van der Waals surface area contributed by atoms with E-state index in [1.807, 2.05) is 31.2 Å². The van der Waals surface area contributed by atoms with Gasteiger partial charge < -0.3 is 10.5 Å². The summed E-state index contributed by atoms with van der Waals surface area (Å²) in [5, 5.41) is 3.96. The standard InChI is InChI=1S/C11H13N3OS/c1-7-11(16-14-13-7)10(12)8-3-5-9(15-2)6-4-8/h3-6,10H,12H2,1-2H3. The second kappa shape index (κ2) is 4.59. The van der Waals surface area contributed by atoms with Crippen molar-refractivity contribution in [1.82, 2.24) is 9.59 Å². The lowest BCUT2D eigenvalue weighted by molar-refractivity contribution is 0.414. The summed E-state index contributed by atoms with van der Waals surface area (Å²) in [6, 6.07) is 7.56. The van der Waals surface area contributed by atoms with E-state index in [1.165, 1.54) is 11.5 Å². The number of benzene rings is 1. The molecule has 0 saturated carbocycles. The largest absolute Gasteiger partial charge is 0.497 e. The van der Waals surface area contributed by atoms with Crippen LogP contribution in [0.2, 0.25) is 0 Å². The van der Waals surface area contributed by atoms with E-state index in [0.29, 0.717) is 0 Å². The third kappa shape index (κ3) is 2.05. The van der Waals surface area contributed by atoms with Crippen molar-refractivity contribution in [2.75, 3.05) is 7.11 Å². The molecule has 1 heterocycles. The fraction of sp³-hybridized carbons (Fsp3) is 0.273. The molecule has 0 radical (unpaired) electrons. The van der Waals surface area contributed by atoms with Crippen molar-refractivity contribution >= 4 is 11.5 Å². The lowest BCUT2D eigenvalue weighted by Crippen LogP contribution is -2.11. The van der Waals surface area contributed by atoms with Gasteiger partial charge in [-0.2, -0.15) is 0 Å². The van der Waals surface area contributed by atoms with Crippen LogP contribution in [-0.4, -0.2) is 16.7 Å². The molecule has 0 spiro atoms. The third-order valence-electron chi connectivity index (χ3n) is 2.44. The summed E-state index contributed by atoms with van der Waals surface area (Å²) in [5.41, 5.74) is 8.08. The molecule has 2 rings (SSSR count). The Morgan fingerprint density at radius 2 is 2.00 bits per heavy atom. The molecule has 16 heavy (non-hydrogen) atoms. The molecule has 4 nitrogen and oxygen atoms in total. The molecule has 1 unspecified atom stereocenters. The minimum Gasteiger partial charge on any atom is -0.497 e. The maximum atomic E-state index is 6.14. The number of hydrogen-bond donors (Lipinski definition) is 1. The van der Waals surface area contributed by atoms with Crippen LogP contribution in [-0.2, 0) is 0 Å². The summed E-state index contributed by atoms with van der Waals surface area (Å²) in [6.07, 6.45) is 0. The Morgan fingerprint density at radius 1 is 1.31 bits per heavy atom. The van der Waals surface area contributed by atoms with Crippen LogP contribution in [0.15, 0.2) is 24.3 Å². The molecule has 0 bridgehead atoms. The molecule has 0 fully saturated rings. The van der Waals surface area contributed by atoms with E-state index in [4.69, 9.17) is 10.5 Å². The SMILES string of the molecule is COc1ccc(C(N)c2snnc2C)cc1. The maximum Gasteiger partial charge on any atom is 0.118 e. The topological polar surface area (TPSA) is 61.0 Å². The highest BCUT2D eigenvalue weighted by molar-refractivity contribution is 7.05. The Hall–Kier alpha value is -1.46. The number of nitrogens with two attached hydrogens (primary N) is 1. The first-order valence-electron chi connectivity index (χ1n) is 4.90. The lowest BCUT2D eigenvalue weighted by Gasteiger charge is -2.10. The lowest BCUT2D eigenvalue weighted by atomic mass is 10.1.